The molecule has 2 aromatic carbocycles. The van der Waals surface area contributed by atoms with Crippen molar-refractivity contribution in [3.63, 3.8) is 0 Å². The Morgan fingerprint density at radius 3 is 2.63 bits per heavy atom. The number of fused-ring (bicyclic) bond motifs is 2. The standard InChI is InChI=1S/C23H23NO6/c1-3-14-9-16-19(11-18(14)29-12-21(24)25)30-13(2)22(23(16)26)15-5-6-17-20(10-15)28-8-4-7-27-17/h5-6,9-11H,3-4,7-8,12H2,1-2H3,(H2,24,25). The monoisotopic (exact) mass is 409 g/mol. The second-order valence-corrected chi connectivity index (χ2v) is 7.14. The molecular weight excluding hydrogens is 386 g/mol. The van der Waals surface area contributed by atoms with Crippen LogP contribution in [0.5, 0.6) is 17.2 Å². The molecule has 0 radical (unpaired) electrons. The predicted molar refractivity (Wildman–Crippen MR) is 112 cm³/mol. The summed E-state index contributed by atoms with van der Waals surface area (Å²) in [6.45, 7) is 4.62. The van der Waals surface area contributed by atoms with E-state index < -0.39 is 5.91 Å². The quantitative estimate of drug-likeness (QED) is 0.693. The second-order valence-electron chi connectivity index (χ2n) is 7.14. The van der Waals surface area contributed by atoms with Crippen LogP contribution in [-0.4, -0.2) is 25.7 Å². The lowest BCUT2D eigenvalue weighted by Crippen LogP contribution is -2.20. The molecule has 2 heterocycles. The van der Waals surface area contributed by atoms with Gasteiger partial charge in [-0.2, -0.15) is 0 Å². The number of primary amides is 1. The predicted octanol–water partition coefficient (Wildman–Crippen LogP) is 3.36. The first kappa shape index (κ1) is 19.8. The molecule has 156 valence electrons. The summed E-state index contributed by atoms with van der Waals surface area (Å²) >= 11 is 0. The molecule has 0 atom stereocenters. The lowest BCUT2D eigenvalue weighted by Gasteiger charge is -2.13. The van der Waals surface area contributed by atoms with Crippen LogP contribution in [0.4, 0.5) is 0 Å². The van der Waals surface area contributed by atoms with E-state index in [2.05, 4.69) is 0 Å². The largest absolute Gasteiger partial charge is 0.490 e. The number of nitrogens with two attached hydrogens (primary N) is 1. The second kappa shape index (κ2) is 8.10. The lowest BCUT2D eigenvalue weighted by atomic mass is 10.0. The van der Waals surface area contributed by atoms with E-state index in [4.69, 9.17) is 24.4 Å². The molecule has 7 heteroatoms. The van der Waals surface area contributed by atoms with Gasteiger partial charge in [0.15, 0.2) is 18.1 Å². The SMILES string of the molecule is CCc1cc2c(=O)c(-c3ccc4c(c3)OCCCO4)c(C)oc2cc1OCC(N)=O. The molecular formula is C23H23NO6. The van der Waals surface area contributed by atoms with Crippen LogP contribution >= 0.6 is 0 Å². The summed E-state index contributed by atoms with van der Waals surface area (Å²) in [5, 5.41) is 0.450. The number of carbonyl (C=O) groups excluding carboxylic acids is 1. The van der Waals surface area contributed by atoms with Gasteiger partial charge in [-0.3, -0.25) is 9.59 Å². The third-order valence-electron chi connectivity index (χ3n) is 5.04. The van der Waals surface area contributed by atoms with Crippen molar-refractivity contribution in [3.05, 3.63) is 51.9 Å². The highest BCUT2D eigenvalue weighted by Gasteiger charge is 2.19. The average molecular weight is 409 g/mol. The van der Waals surface area contributed by atoms with Gasteiger partial charge in [0.2, 0.25) is 5.43 Å². The Morgan fingerprint density at radius 2 is 1.90 bits per heavy atom. The van der Waals surface area contributed by atoms with Gasteiger partial charge >= 0.3 is 0 Å². The topological polar surface area (TPSA) is 101 Å². The summed E-state index contributed by atoms with van der Waals surface area (Å²) in [5.74, 6) is 1.68. The van der Waals surface area contributed by atoms with Crippen LogP contribution in [0.1, 0.15) is 24.7 Å². The number of rotatable bonds is 5. The molecule has 7 nitrogen and oxygen atoms in total. The maximum atomic E-state index is 13.4. The number of hydrogen-bond acceptors (Lipinski definition) is 6. The molecule has 0 saturated carbocycles. The van der Waals surface area contributed by atoms with E-state index in [-0.39, 0.29) is 12.0 Å². The fourth-order valence-corrected chi connectivity index (χ4v) is 3.59. The molecule has 3 aromatic rings. The molecule has 4 rings (SSSR count). The highest BCUT2D eigenvalue weighted by Crippen LogP contribution is 2.35. The Balaban J connectivity index is 1.84. The Morgan fingerprint density at radius 1 is 1.13 bits per heavy atom. The van der Waals surface area contributed by atoms with Crippen LogP contribution in [0.3, 0.4) is 0 Å². The summed E-state index contributed by atoms with van der Waals surface area (Å²) in [5.41, 5.74) is 7.42. The zero-order chi connectivity index (χ0) is 21.3. The van der Waals surface area contributed by atoms with Crippen LogP contribution < -0.4 is 25.4 Å². The van der Waals surface area contributed by atoms with Crippen molar-refractivity contribution in [2.24, 2.45) is 5.73 Å². The summed E-state index contributed by atoms with van der Waals surface area (Å²) < 4.78 is 22.9. The maximum absolute atomic E-state index is 13.4. The molecule has 2 N–H and O–H groups in total. The minimum atomic E-state index is -0.570. The van der Waals surface area contributed by atoms with Gasteiger partial charge < -0.3 is 24.4 Å². The molecule has 0 fully saturated rings. The van der Waals surface area contributed by atoms with Gasteiger partial charge in [-0.15, -0.1) is 0 Å². The highest BCUT2D eigenvalue weighted by atomic mass is 16.5. The molecule has 1 aliphatic heterocycles. The van der Waals surface area contributed by atoms with E-state index in [1.54, 1.807) is 19.1 Å². The van der Waals surface area contributed by atoms with Gasteiger partial charge in [0.1, 0.15) is 17.1 Å². The highest BCUT2D eigenvalue weighted by molar-refractivity contribution is 5.85. The van der Waals surface area contributed by atoms with E-state index >= 15 is 0 Å². The molecule has 0 unspecified atom stereocenters. The molecule has 0 bridgehead atoms. The Labute approximate surface area is 173 Å². The molecule has 1 amide bonds. The number of aryl methyl sites for hydroxylation is 2. The molecule has 0 aliphatic carbocycles. The van der Waals surface area contributed by atoms with Crippen LogP contribution in [0, 0.1) is 6.92 Å². The van der Waals surface area contributed by atoms with Crippen molar-refractivity contribution in [3.8, 4) is 28.4 Å². The van der Waals surface area contributed by atoms with Gasteiger partial charge in [0.25, 0.3) is 5.91 Å². The minimum Gasteiger partial charge on any atom is -0.490 e. The fraction of sp³-hybridized carbons (Fsp3) is 0.304. The Bertz CT molecular complexity index is 1180. The summed E-state index contributed by atoms with van der Waals surface area (Å²) in [4.78, 5) is 24.5. The molecule has 0 saturated heterocycles. The van der Waals surface area contributed by atoms with Crippen molar-refractivity contribution in [2.45, 2.75) is 26.7 Å². The third kappa shape index (κ3) is 3.70. The first-order valence-electron chi connectivity index (χ1n) is 9.89. The molecule has 30 heavy (non-hydrogen) atoms. The van der Waals surface area contributed by atoms with Gasteiger partial charge in [-0.25, -0.2) is 0 Å². The normalized spacial score (nSPS) is 13.1. The van der Waals surface area contributed by atoms with Crippen LogP contribution in [-0.2, 0) is 11.2 Å². The zero-order valence-electron chi connectivity index (χ0n) is 16.9. The Hall–Kier alpha value is -3.48. The Kier molecular flexibility index (Phi) is 5.35. The van der Waals surface area contributed by atoms with E-state index in [0.717, 1.165) is 12.0 Å². The fourth-order valence-electron chi connectivity index (χ4n) is 3.59. The van der Waals surface area contributed by atoms with Crippen molar-refractivity contribution in [1.82, 2.24) is 0 Å². The first-order valence-corrected chi connectivity index (χ1v) is 9.89. The number of hydrogen-bond donors (Lipinski definition) is 1. The van der Waals surface area contributed by atoms with Crippen LogP contribution in [0.15, 0.2) is 39.5 Å². The summed E-state index contributed by atoms with van der Waals surface area (Å²) in [6.07, 6.45) is 1.43. The van der Waals surface area contributed by atoms with E-state index in [1.165, 1.54) is 0 Å². The number of ether oxygens (including phenoxy) is 3. The smallest absolute Gasteiger partial charge is 0.255 e. The number of amides is 1. The van der Waals surface area contributed by atoms with Crippen molar-refractivity contribution >= 4 is 16.9 Å². The van der Waals surface area contributed by atoms with Crippen molar-refractivity contribution in [2.75, 3.05) is 19.8 Å². The zero-order valence-corrected chi connectivity index (χ0v) is 16.9. The average Bonchev–Trinajstić information content (AvgIpc) is 2.96. The van der Waals surface area contributed by atoms with Crippen molar-refractivity contribution < 1.29 is 23.4 Å². The summed E-state index contributed by atoms with van der Waals surface area (Å²) in [7, 11) is 0. The van der Waals surface area contributed by atoms with E-state index in [9.17, 15) is 9.59 Å². The van der Waals surface area contributed by atoms with E-state index in [1.807, 2.05) is 25.1 Å². The molecule has 0 spiro atoms. The summed E-state index contributed by atoms with van der Waals surface area (Å²) in [6, 6.07) is 8.87. The maximum Gasteiger partial charge on any atom is 0.255 e. The lowest BCUT2D eigenvalue weighted by molar-refractivity contribution is -0.119. The number of carbonyl (C=O) groups is 1. The van der Waals surface area contributed by atoms with Gasteiger partial charge in [-0.1, -0.05) is 13.0 Å². The molecule has 1 aliphatic rings. The minimum absolute atomic E-state index is 0.139. The van der Waals surface area contributed by atoms with Gasteiger partial charge in [0.05, 0.1) is 24.2 Å². The van der Waals surface area contributed by atoms with Gasteiger partial charge in [-0.05, 0) is 42.7 Å². The molecule has 1 aromatic heterocycles. The van der Waals surface area contributed by atoms with Crippen molar-refractivity contribution in [1.29, 1.82) is 0 Å². The van der Waals surface area contributed by atoms with Gasteiger partial charge in [0, 0.05) is 12.5 Å². The third-order valence-corrected chi connectivity index (χ3v) is 5.04. The number of benzene rings is 2. The first-order chi connectivity index (χ1) is 14.5. The van der Waals surface area contributed by atoms with E-state index in [0.29, 0.717) is 64.7 Å². The van der Waals surface area contributed by atoms with Crippen LogP contribution in [0.2, 0.25) is 0 Å². The van der Waals surface area contributed by atoms with Crippen LogP contribution in [0.25, 0.3) is 22.1 Å².